The fourth-order valence-electron chi connectivity index (χ4n) is 1.96. The lowest BCUT2D eigenvalue weighted by Crippen LogP contribution is -1.88. The van der Waals surface area contributed by atoms with Crippen molar-refractivity contribution in [2.45, 2.75) is 19.8 Å². The molecule has 0 bridgehead atoms. The molecule has 0 amide bonds. The molecule has 0 aromatic heterocycles. The lowest BCUT2D eigenvalue weighted by Gasteiger charge is -2.10. The minimum atomic E-state index is 0.230. The summed E-state index contributed by atoms with van der Waals surface area (Å²) < 4.78 is 0. The number of aryl methyl sites for hydroxylation is 1. The summed E-state index contributed by atoms with van der Waals surface area (Å²) in [6.07, 6.45) is 2.03. The number of benzene rings is 2. The highest BCUT2D eigenvalue weighted by Gasteiger charge is 2.10. The van der Waals surface area contributed by atoms with Crippen molar-refractivity contribution in [3.05, 3.63) is 52.0 Å². The monoisotopic (exact) mass is 280 g/mol. The first-order valence-electron chi connectivity index (χ1n) is 5.89. The summed E-state index contributed by atoms with van der Waals surface area (Å²) in [6, 6.07) is 10.8. The zero-order valence-electron chi connectivity index (χ0n) is 10.1. The van der Waals surface area contributed by atoms with Crippen molar-refractivity contribution in [3.63, 3.8) is 0 Å². The van der Waals surface area contributed by atoms with Gasteiger partial charge in [0.05, 0.1) is 10.0 Å². The number of hydrogen-bond acceptors (Lipinski definition) is 1. The van der Waals surface area contributed by atoms with Crippen molar-refractivity contribution in [3.8, 4) is 16.9 Å². The van der Waals surface area contributed by atoms with Crippen LogP contribution in [0.25, 0.3) is 11.1 Å². The van der Waals surface area contributed by atoms with Crippen LogP contribution in [0.4, 0.5) is 0 Å². The average molecular weight is 281 g/mol. The Morgan fingerprint density at radius 3 is 2.06 bits per heavy atom. The van der Waals surface area contributed by atoms with Gasteiger partial charge in [0.1, 0.15) is 5.75 Å². The number of rotatable bonds is 3. The number of hydrogen-bond donors (Lipinski definition) is 1. The van der Waals surface area contributed by atoms with Crippen LogP contribution in [0.3, 0.4) is 0 Å². The van der Waals surface area contributed by atoms with Crippen molar-refractivity contribution < 1.29 is 5.11 Å². The number of phenols is 1. The molecule has 94 valence electrons. The van der Waals surface area contributed by atoms with E-state index in [0.717, 1.165) is 29.5 Å². The average Bonchev–Trinajstić information content (AvgIpc) is 2.31. The molecule has 2 aromatic rings. The molecule has 0 aliphatic heterocycles. The summed E-state index contributed by atoms with van der Waals surface area (Å²) in [5.74, 6) is 0.230. The van der Waals surface area contributed by atoms with E-state index in [0.29, 0.717) is 10.0 Å². The molecule has 0 saturated heterocycles. The van der Waals surface area contributed by atoms with Crippen molar-refractivity contribution >= 4 is 23.2 Å². The molecule has 1 N–H and O–H groups in total. The van der Waals surface area contributed by atoms with Crippen molar-refractivity contribution in [1.82, 2.24) is 0 Å². The minimum absolute atomic E-state index is 0.230. The van der Waals surface area contributed by atoms with Crippen molar-refractivity contribution in [2.24, 2.45) is 0 Å². The smallest absolute Gasteiger partial charge is 0.115 e. The first-order valence-corrected chi connectivity index (χ1v) is 6.64. The molecule has 0 atom stereocenters. The van der Waals surface area contributed by atoms with Gasteiger partial charge in [-0.3, -0.25) is 0 Å². The van der Waals surface area contributed by atoms with Gasteiger partial charge in [-0.05, 0) is 41.8 Å². The second-order valence-electron chi connectivity index (χ2n) is 4.23. The Bertz CT molecular complexity index is 524. The summed E-state index contributed by atoms with van der Waals surface area (Å²) in [6.45, 7) is 2.12. The predicted molar refractivity (Wildman–Crippen MR) is 77.6 cm³/mol. The molecule has 2 aromatic carbocycles. The van der Waals surface area contributed by atoms with E-state index in [-0.39, 0.29) is 5.75 Å². The fourth-order valence-corrected chi connectivity index (χ4v) is 2.71. The van der Waals surface area contributed by atoms with Gasteiger partial charge in [0.2, 0.25) is 0 Å². The molecule has 2 rings (SSSR count). The summed E-state index contributed by atoms with van der Waals surface area (Å²) in [4.78, 5) is 0. The van der Waals surface area contributed by atoms with Crippen LogP contribution in [0.5, 0.6) is 5.75 Å². The Morgan fingerprint density at radius 1 is 1.00 bits per heavy atom. The van der Waals surface area contributed by atoms with Crippen molar-refractivity contribution in [1.29, 1.82) is 0 Å². The fraction of sp³-hybridized carbons (Fsp3) is 0.200. The van der Waals surface area contributed by atoms with E-state index in [2.05, 4.69) is 6.92 Å². The summed E-state index contributed by atoms with van der Waals surface area (Å²) in [5, 5.41) is 10.6. The van der Waals surface area contributed by atoms with Crippen LogP contribution in [-0.4, -0.2) is 5.11 Å². The molecule has 0 fully saturated rings. The maximum atomic E-state index is 9.29. The molecule has 18 heavy (non-hydrogen) atoms. The first kappa shape index (κ1) is 13.3. The third kappa shape index (κ3) is 2.80. The number of halogens is 2. The van der Waals surface area contributed by atoms with E-state index in [1.165, 1.54) is 0 Å². The highest BCUT2D eigenvalue weighted by molar-refractivity contribution is 6.39. The molecule has 0 aliphatic carbocycles. The van der Waals surface area contributed by atoms with E-state index in [1.807, 2.05) is 24.3 Å². The topological polar surface area (TPSA) is 20.2 Å². The van der Waals surface area contributed by atoms with E-state index in [9.17, 15) is 5.11 Å². The molecule has 0 heterocycles. The normalized spacial score (nSPS) is 10.6. The lowest BCUT2D eigenvalue weighted by molar-refractivity contribution is 0.475. The molecule has 0 unspecified atom stereocenters. The van der Waals surface area contributed by atoms with E-state index in [1.54, 1.807) is 12.1 Å². The van der Waals surface area contributed by atoms with Gasteiger partial charge in [0.25, 0.3) is 0 Å². The van der Waals surface area contributed by atoms with E-state index in [4.69, 9.17) is 23.2 Å². The van der Waals surface area contributed by atoms with Crippen LogP contribution in [-0.2, 0) is 6.42 Å². The van der Waals surface area contributed by atoms with Gasteiger partial charge < -0.3 is 5.11 Å². The molecule has 0 aliphatic rings. The minimum Gasteiger partial charge on any atom is -0.508 e. The molecule has 0 radical (unpaired) electrons. The molecule has 1 nitrogen and oxygen atoms in total. The maximum absolute atomic E-state index is 9.29. The molecule has 0 spiro atoms. The Hall–Kier alpha value is -1.18. The highest BCUT2D eigenvalue weighted by atomic mass is 35.5. The summed E-state index contributed by atoms with van der Waals surface area (Å²) in [7, 11) is 0. The van der Waals surface area contributed by atoms with Crippen LogP contribution < -0.4 is 0 Å². The second kappa shape index (κ2) is 5.64. The Labute approximate surface area is 117 Å². The standard InChI is InChI=1S/C15H14Cl2O/c1-2-3-10-8-13(16)15(14(17)9-10)11-4-6-12(18)7-5-11/h4-9,18H,2-3H2,1H3. The van der Waals surface area contributed by atoms with Crippen LogP contribution >= 0.6 is 23.2 Å². The predicted octanol–water partition coefficient (Wildman–Crippen LogP) is 5.32. The summed E-state index contributed by atoms with van der Waals surface area (Å²) in [5.41, 5.74) is 2.87. The van der Waals surface area contributed by atoms with Gasteiger partial charge in [-0.1, -0.05) is 48.7 Å². The first-order chi connectivity index (χ1) is 8.61. The SMILES string of the molecule is CCCc1cc(Cl)c(-c2ccc(O)cc2)c(Cl)c1. The highest BCUT2D eigenvalue weighted by Crippen LogP contribution is 2.36. The lowest BCUT2D eigenvalue weighted by atomic mass is 10.0. The van der Waals surface area contributed by atoms with Gasteiger partial charge in [-0.15, -0.1) is 0 Å². The van der Waals surface area contributed by atoms with Gasteiger partial charge >= 0.3 is 0 Å². The number of phenolic OH excluding ortho intramolecular Hbond substituents is 1. The van der Waals surface area contributed by atoms with Gasteiger partial charge in [-0.2, -0.15) is 0 Å². The Morgan fingerprint density at radius 2 is 1.56 bits per heavy atom. The number of aromatic hydroxyl groups is 1. The second-order valence-corrected chi connectivity index (χ2v) is 5.05. The Balaban J connectivity index is 2.48. The van der Waals surface area contributed by atoms with Crippen LogP contribution in [0.15, 0.2) is 36.4 Å². The van der Waals surface area contributed by atoms with E-state index < -0.39 is 0 Å². The quantitative estimate of drug-likeness (QED) is 0.807. The third-order valence-corrected chi connectivity index (χ3v) is 3.39. The Kier molecular flexibility index (Phi) is 4.15. The zero-order valence-corrected chi connectivity index (χ0v) is 11.6. The van der Waals surface area contributed by atoms with Gasteiger partial charge in [0, 0.05) is 5.56 Å². The van der Waals surface area contributed by atoms with Gasteiger partial charge in [0.15, 0.2) is 0 Å². The van der Waals surface area contributed by atoms with Crippen LogP contribution in [0.2, 0.25) is 10.0 Å². The van der Waals surface area contributed by atoms with E-state index >= 15 is 0 Å². The van der Waals surface area contributed by atoms with Gasteiger partial charge in [-0.25, -0.2) is 0 Å². The molecule has 0 saturated carbocycles. The van der Waals surface area contributed by atoms with Crippen LogP contribution in [0, 0.1) is 0 Å². The van der Waals surface area contributed by atoms with Crippen molar-refractivity contribution in [2.75, 3.05) is 0 Å². The molecular weight excluding hydrogens is 267 g/mol. The zero-order chi connectivity index (χ0) is 13.1. The summed E-state index contributed by atoms with van der Waals surface area (Å²) >= 11 is 12.6. The molecule has 3 heteroatoms. The third-order valence-electron chi connectivity index (χ3n) is 2.80. The largest absolute Gasteiger partial charge is 0.508 e. The molecular formula is C15H14Cl2O. The van der Waals surface area contributed by atoms with Crippen LogP contribution in [0.1, 0.15) is 18.9 Å². The maximum Gasteiger partial charge on any atom is 0.115 e.